The van der Waals surface area contributed by atoms with E-state index >= 15 is 0 Å². The molecule has 0 radical (unpaired) electrons. The van der Waals surface area contributed by atoms with E-state index in [2.05, 4.69) is 4.98 Å². The fourth-order valence-electron chi connectivity index (χ4n) is 4.10. The molecule has 1 unspecified atom stereocenters. The molecule has 1 fully saturated rings. The van der Waals surface area contributed by atoms with Crippen LogP contribution in [0.15, 0.2) is 59.5 Å². The zero-order valence-corrected chi connectivity index (χ0v) is 20.2. The Kier molecular flexibility index (Phi) is 5.59. The first-order valence-electron chi connectivity index (χ1n) is 10.4. The summed E-state index contributed by atoms with van der Waals surface area (Å²) in [5.74, 6) is -0.669. The number of thiophene rings is 1. The van der Waals surface area contributed by atoms with Gasteiger partial charge in [-0.15, -0.1) is 11.3 Å². The SMILES string of the molecule is COc1cc2sc(N3C(=O)C(=O)/C(=C(/O)c4ccccc4OC)C3c3cccs3)nc2cc1C. The fraction of sp³-hybridized carbons (Fsp3) is 0.160. The van der Waals surface area contributed by atoms with Crippen LogP contribution >= 0.6 is 22.7 Å². The van der Waals surface area contributed by atoms with Gasteiger partial charge in [-0.3, -0.25) is 14.5 Å². The predicted molar refractivity (Wildman–Crippen MR) is 133 cm³/mol. The van der Waals surface area contributed by atoms with Crippen molar-refractivity contribution in [1.29, 1.82) is 0 Å². The molecule has 7 nitrogen and oxygen atoms in total. The second-order valence-electron chi connectivity index (χ2n) is 7.67. The number of aromatic nitrogens is 1. The van der Waals surface area contributed by atoms with E-state index in [9.17, 15) is 14.7 Å². The molecule has 2 aromatic heterocycles. The number of hydrogen-bond donors (Lipinski definition) is 1. The Hall–Kier alpha value is -3.69. The molecule has 172 valence electrons. The standard InChI is InChI=1S/C25H20N2O5S2/c1-13-11-15-19(12-17(13)32-3)34-25(26-15)27-21(18-9-6-10-33-18)20(23(29)24(27)30)22(28)14-7-4-5-8-16(14)31-2/h4-12,21,28H,1-3H3/b22-20+. The zero-order valence-electron chi connectivity index (χ0n) is 18.6. The molecule has 1 N–H and O–H groups in total. The van der Waals surface area contributed by atoms with E-state index in [0.29, 0.717) is 22.0 Å². The molecule has 3 heterocycles. The van der Waals surface area contributed by atoms with Crippen molar-refractivity contribution in [3.05, 3.63) is 75.5 Å². The van der Waals surface area contributed by atoms with E-state index in [4.69, 9.17) is 9.47 Å². The average Bonchev–Trinajstić information content (AvgIpc) is 3.56. The van der Waals surface area contributed by atoms with Gasteiger partial charge in [-0.2, -0.15) is 0 Å². The third kappa shape index (κ3) is 3.44. The highest BCUT2D eigenvalue weighted by atomic mass is 32.1. The summed E-state index contributed by atoms with van der Waals surface area (Å²) in [6.07, 6.45) is 0. The maximum atomic E-state index is 13.3. The second kappa shape index (κ2) is 8.58. The maximum absolute atomic E-state index is 13.3. The number of anilines is 1. The van der Waals surface area contributed by atoms with Crippen LogP contribution in [0, 0.1) is 6.92 Å². The molecule has 1 aliphatic heterocycles. The van der Waals surface area contributed by atoms with E-state index in [1.54, 1.807) is 31.4 Å². The van der Waals surface area contributed by atoms with Crippen LogP contribution in [0.25, 0.3) is 16.0 Å². The number of carbonyl (C=O) groups excluding carboxylic acids is 2. The van der Waals surface area contributed by atoms with Crippen LogP contribution < -0.4 is 14.4 Å². The van der Waals surface area contributed by atoms with E-state index in [-0.39, 0.29) is 11.3 Å². The Bertz CT molecular complexity index is 1460. The Labute approximate surface area is 203 Å². The van der Waals surface area contributed by atoms with Crippen molar-refractivity contribution in [2.45, 2.75) is 13.0 Å². The Morgan fingerprint density at radius 2 is 1.82 bits per heavy atom. The van der Waals surface area contributed by atoms with Gasteiger partial charge >= 0.3 is 5.91 Å². The third-order valence-corrected chi connectivity index (χ3v) is 7.66. The molecule has 5 rings (SSSR count). The first kappa shape index (κ1) is 22.1. The van der Waals surface area contributed by atoms with Crippen molar-refractivity contribution in [3.8, 4) is 11.5 Å². The average molecular weight is 493 g/mol. The molecule has 0 spiro atoms. The number of methoxy groups -OCH3 is 2. The van der Waals surface area contributed by atoms with Crippen molar-refractivity contribution < 1.29 is 24.2 Å². The summed E-state index contributed by atoms with van der Waals surface area (Å²) < 4.78 is 11.6. The highest BCUT2D eigenvalue weighted by Gasteiger charge is 2.48. The lowest BCUT2D eigenvalue weighted by Crippen LogP contribution is -2.28. The van der Waals surface area contributed by atoms with E-state index < -0.39 is 17.7 Å². The van der Waals surface area contributed by atoms with Gasteiger partial charge in [0.15, 0.2) is 5.13 Å². The predicted octanol–water partition coefficient (Wildman–Crippen LogP) is 5.31. The number of hydrogen-bond acceptors (Lipinski definition) is 8. The van der Waals surface area contributed by atoms with Crippen LogP contribution in [0.5, 0.6) is 11.5 Å². The third-order valence-electron chi connectivity index (χ3n) is 5.72. The number of para-hydroxylation sites is 1. The molecule has 34 heavy (non-hydrogen) atoms. The summed E-state index contributed by atoms with van der Waals surface area (Å²) in [5, 5.41) is 13.5. The number of aliphatic hydroxyl groups is 1. The topological polar surface area (TPSA) is 89.0 Å². The summed E-state index contributed by atoms with van der Waals surface area (Å²) in [5.41, 5.74) is 1.97. The fourth-order valence-corrected chi connectivity index (χ4v) is 5.93. The molecule has 1 amide bonds. The summed E-state index contributed by atoms with van der Waals surface area (Å²) in [4.78, 5) is 33.4. The largest absolute Gasteiger partial charge is 0.507 e. The molecule has 1 aliphatic rings. The Balaban J connectivity index is 1.72. The van der Waals surface area contributed by atoms with Gasteiger partial charge in [-0.25, -0.2) is 4.98 Å². The zero-order chi connectivity index (χ0) is 24.0. The van der Waals surface area contributed by atoms with Crippen LogP contribution in [0.4, 0.5) is 5.13 Å². The van der Waals surface area contributed by atoms with Gasteiger partial charge in [0.2, 0.25) is 0 Å². The van der Waals surface area contributed by atoms with Gasteiger partial charge in [-0.05, 0) is 48.2 Å². The van der Waals surface area contributed by atoms with Gasteiger partial charge in [0.1, 0.15) is 23.3 Å². The van der Waals surface area contributed by atoms with E-state index in [0.717, 1.165) is 20.9 Å². The molecule has 0 saturated carbocycles. The van der Waals surface area contributed by atoms with Crippen LogP contribution in [-0.2, 0) is 9.59 Å². The van der Waals surface area contributed by atoms with Gasteiger partial charge in [0, 0.05) is 4.88 Å². The lowest BCUT2D eigenvalue weighted by Gasteiger charge is -2.21. The van der Waals surface area contributed by atoms with Gasteiger partial charge in [0.25, 0.3) is 5.78 Å². The van der Waals surface area contributed by atoms with E-state index in [1.165, 1.54) is 34.7 Å². The summed E-state index contributed by atoms with van der Waals surface area (Å²) >= 11 is 2.69. The molecule has 2 aromatic carbocycles. The van der Waals surface area contributed by atoms with Crippen molar-refractivity contribution in [2.24, 2.45) is 0 Å². The highest BCUT2D eigenvalue weighted by Crippen LogP contribution is 2.46. The van der Waals surface area contributed by atoms with Gasteiger partial charge in [-0.1, -0.05) is 29.5 Å². The molecule has 1 saturated heterocycles. The number of carbonyl (C=O) groups is 2. The summed E-state index contributed by atoms with van der Waals surface area (Å²) in [6.45, 7) is 1.92. The van der Waals surface area contributed by atoms with Crippen LogP contribution in [0.1, 0.15) is 22.0 Å². The molecule has 1 atom stereocenters. The number of nitrogens with zero attached hydrogens (tertiary/aromatic N) is 2. The number of aliphatic hydroxyl groups excluding tert-OH is 1. The maximum Gasteiger partial charge on any atom is 0.301 e. The molecular formula is C25H20N2O5S2. The number of fused-ring (bicyclic) bond motifs is 1. The van der Waals surface area contributed by atoms with Crippen molar-refractivity contribution in [1.82, 2.24) is 4.98 Å². The van der Waals surface area contributed by atoms with Crippen molar-refractivity contribution in [3.63, 3.8) is 0 Å². The first-order chi connectivity index (χ1) is 16.4. The minimum absolute atomic E-state index is 0.00460. The van der Waals surface area contributed by atoms with Crippen LogP contribution in [0.2, 0.25) is 0 Å². The van der Waals surface area contributed by atoms with Gasteiger partial charge < -0.3 is 14.6 Å². The number of benzene rings is 2. The smallest absolute Gasteiger partial charge is 0.301 e. The van der Waals surface area contributed by atoms with Crippen molar-refractivity contribution >= 4 is 55.5 Å². The first-order valence-corrected chi connectivity index (χ1v) is 12.1. The highest BCUT2D eigenvalue weighted by molar-refractivity contribution is 7.22. The molecule has 4 aromatic rings. The number of ketones is 1. The molecule has 0 bridgehead atoms. The van der Waals surface area contributed by atoms with Crippen LogP contribution in [-0.4, -0.2) is 36.0 Å². The van der Waals surface area contributed by atoms with Crippen LogP contribution in [0.3, 0.4) is 0 Å². The molecule has 0 aliphatic carbocycles. The Morgan fingerprint density at radius 3 is 2.53 bits per heavy atom. The monoisotopic (exact) mass is 492 g/mol. The number of thiazole rings is 1. The number of amides is 1. The normalized spacial score (nSPS) is 17.5. The van der Waals surface area contributed by atoms with Gasteiger partial charge in [0.05, 0.1) is 35.6 Å². The minimum atomic E-state index is -0.812. The quantitative estimate of drug-likeness (QED) is 0.231. The summed E-state index contributed by atoms with van der Waals surface area (Å²) in [6, 6.07) is 13.5. The summed E-state index contributed by atoms with van der Waals surface area (Å²) in [7, 11) is 3.09. The second-order valence-corrected chi connectivity index (χ2v) is 9.66. The number of Topliss-reactive ketones (excluding diaryl/α,β-unsaturated/α-hetero) is 1. The molecule has 9 heteroatoms. The van der Waals surface area contributed by atoms with E-state index in [1.807, 2.05) is 36.6 Å². The number of aryl methyl sites for hydroxylation is 1. The molecular weight excluding hydrogens is 472 g/mol. The minimum Gasteiger partial charge on any atom is -0.507 e. The lowest BCUT2D eigenvalue weighted by atomic mass is 9.99. The number of ether oxygens (including phenoxy) is 2. The number of rotatable bonds is 5. The van der Waals surface area contributed by atoms with Crippen molar-refractivity contribution in [2.75, 3.05) is 19.1 Å². The Morgan fingerprint density at radius 1 is 1.06 bits per heavy atom. The lowest BCUT2D eigenvalue weighted by molar-refractivity contribution is -0.132.